The first-order chi connectivity index (χ1) is 19.6. The molecule has 0 spiro atoms. The number of carbonyl (C=O) groups excluding carboxylic acids is 3. The van der Waals surface area contributed by atoms with Gasteiger partial charge < -0.3 is 15.0 Å². The van der Waals surface area contributed by atoms with E-state index in [2.05, 4.69) is 59.9 Å². The van der Waals surface area contributed by atoms with Gasteiger partial charge in [-0.25, -0.2) is 0 Å². The van der Waals surface area contributed by atoms with E-state index in [0.717, 1.165) is 38.8 Å². The first kappa shape index (κ1) is 30.3. The molecule has 6 nitrogen and oxygen atoms in total. The molecule has 234 valence electrons. The third-order valence-electron chi connectivity index (χ3n) is 14.9. The number of nitrogens with one attached hydrogen (secondary N) is 1. The standard InChI is InChI=1S/C36H56N2O4/c1-22-9-12-32(4)15-16-34(6)25(29(32)23(22)2)21-26(40)30-33(5)13-11-28(42-24(3)39)36(8,27(33)10-14-35(30,34)7)31(41)38-19-17-37-18-20-38/h21-23,27-30,37H,9-20H2,1-8H3/t22-,23+,27-,28-,29+,30-,32-,33+,34-,35-,36-/m1/s1. The fourth-order valence-corrected chi connectivity index (χ4v) is 12.2. The normalized spacial score (nSPS) is 50.4. The summed E-state index contributed by atoms with van der Waals surface area (Å²) in [5, 5.41) is 3.37. The van der Waals surface area contributed by atoms with E-state index < -0.39 is 11.5 Å². The van der Waals surface area contributed by atoms with Crippen molar-refractivity contribution in [3.05, 3.63) is 11.6 Å². The first-order valence-electron chi connectivity index (χ1n) is 17.1. The van der Waals surface area contributed by atoms with Gasteiger partial charge in [-0.1, -0.05) is 47.1 Å². The molecule has 5 fully saturated rings. The molecule has 6 heteroatoms. The molecule has 0 unspecified atom stereocenters. The highest BCUT2D eigenvalue weighted by molar-refractivity contribution is 5.96. The van der Waals surface area contributed by atoms with E-state index in [9.17, 15) is 14.4 Å². The van der Waals surface area contributed by atoms with E-state index in [1.54, 1.807) is 0 Å². The number of hydrogen-bond acceptors (Lipinski definition) is 5. The Morgan fingerprint density at radius 3 is 2.29 bits per heavy atom. The molecule has 1 saturated heterocycles. The molecule has 5 aliphatic carbocycles. The molecular weight excluding hydrogens is 524 g/mol. The number of carbonyl (C=O) groups is 3. The summed E-state index contributed by atoms with van der Waals surface area (Å²) in [5.41, 5.74) is 0.361. The van der Waals surface area contributed by atoms with E-state index >= 15 is 0 Å². The van der Waals surface area contributed by atoms with Crippen LogP contribution in [0.4, 0.5) is 0 Å². The molecule has 0 radical (unpaired) electrons. The molecule has 42 heavy (non-hydrogen) atoms. The van der Waals surface area contributed by atoms with Gasteiger partial charge in [-0.05, 0) is 110 Å². The molecule has 1 amide bonds. The summed E-state index contributed by atoms with van der Waals surface area (Å²) in [7, 11) is 0. The summed E-state index contributed by atoms with van der Waals surface area (Å²) >= 11 is 0. The molecule has 6 aliphatic rings. The van der Waals surface area contributed by atoms with Gasteiger partial charge in [-0.15, -0.1) is 0 Å². The average molecular weight is 581 g/mol. The third kappa shape index (κ3) is 3.94. The Morgan fingerprint density at radius 2 is 1.62 bits per heavy atom. The number of amides is 1. The molecule has 0 bridgehead atoms. The highest BCUT2D eigenvalue weighted by Crippen LogP contribution is 2.75. The smallest absolute Gasteiger partial charge is 0.302 e. The van der Waals surface area contributed by atoms with Crippen molar-refractivity contribution >= 4 is 17.7 Å². The van der Waals surface area contributed by atoms with Crippen molar-refractivity contribution in [1.82, 2.24) is 10.2 Å². The van der Waals surface area contributed by atoms with E-state index in [4.69, 9.17) is 4.74 Å². The summed E-state index contributed by atoms with van der Waals surface area (Å²) in [6.45, 7) is 21.1. The maximum Gasteiger partial charge on any atom is 0.302 e. The Bertz CT molecular complexity index is 1190. The summed E-state index contributed by atoms with van der Waals surface area (Å²) in [5.74, 6) is 1.65. The molecule has 6 rings (SSSR count). The molecule has 0 aromatic heterocycles. The molecule has 4 saturated carbocycles. The maximum absolute atomic E-state index is 14.7. The third-order valence-corrected chi connectivity index (χ3v) is 14.9. The topological polar surface area (TPSA) is 75.7 Å². The van der Waals surface area contributed by atoms with Crippen molar-refractivity contribution in [2.24, 2.45) is 56.7 Å². The largest absolute Gasteiger partial charge is 0.461 e. The van der Waals surface area contributed by atoms with E-state index in [1.165, 1.54) is 31.8 Å². The predicted molar refractivity (Wildman–Crippen MR) is 164 cm³/mol. The van der Waals surface area contributed by atoms with Crippen molar-refractivity contribution in [2.75, 3.05) is 26.2 Å². The van der Waals surface area contributed by atoms with Crippen LogP contribution in [0.1, 0.15) is 107 Å². The summed E-state index contributed by atoms with van der Waals surface area (Å²) in [6.07, 6.45) is 9.85. The van der Waals surface area contributed by atoms with Gasteiger partial charge in [-0.3, -0.25) is 14.4 Å². The molecule has 1 N–H and O–H groups in total. The second-order valence-corrected chi connectivity index (χ2v) is 16.8. The van der Waals surface area contributed by atoms with Gasteiger partial charge in [0.1, 0.15) is 6.10 Å². The van der Waals surface area contributed by atoms with Crippen LogP contribution in [0, 0.1) is 56.7 Å². The summed E-state index contributed by atoms with van der Waals surface area (Å²) in [4.78, 5) is 43.6. The molecule has 1 aliphatic heterocycles. The number of nitrogens with zero attached hydrogens (tertiary/aromatic N) is 1. The van der Waals surface area contributed by atoms with Gasteiger partial charge in [0.2, 0.25) is 5.91 Å². The number of piperazine rings is 1. The maximum atomic E-state index is 14.7. The van der Waals surface area contributed by atoms with Gasteiger partial charge in [0, 0.05) is 39.0 Å². The van der Waals surface area contributed by atoms with Crippen LogP contribution >= 0.6 is 0 Å². The minimum Gasteiger partial charge on any atom is -0.461 e. The van der Waals surface area contributed by atoms with Crippen LogP contribution in [0.3, 0.4) is 0 Å². The zero-order valence-electron chi connectivity index (χ0n) is 27.6. The zero-order valence-corrected chi connectivity index (χ0v) is 27.6. The Labute approximate surface area is 254 Å². The predicted octanol–water partition coefficient (Wildman–Crippen LogP) is 6.19. The van der Waals surface area contributed by atoms with Crippen molar-refractivity contribution in [3.63, 3.8) is 0 Å². The van der Waals surface area contributed by atoms with E-state index in [0.29, 0.717) is 43.0 Å². The van der Waals surface area contributed by atoms with Crippen LogP contribution < -0.4 is 5.32 Å². The number of ketones is 1. The minimum atomic E-state index is -0.846. The number of ether oxygens (including phenoxy) is 1. The van der Waals surface area contributed by atoms with Crippen LogP contribution in [-0.4, -0.2) is 54.8 Å². The highest BCUT2D eigenvalue weighted by atomic mass is 16.5. The number of esters is 1. The molecule has 0 aromatic rings. The molecule has 1 heterocycles. The number of fused-ring (bicyclic) bond motifs is 7. The molecule has 11 atom stereocenters. The van der Waals surface area contributed by atoms with Crippen molar-refractivity contribution in [1.29, 1.82) is 0 Å². The first-order valence-corrected chi connectivity index (χ1v) is 17.1. The lowest BCUT2D eigenvalue weighted by molar-refractivity contribution is -0.218. The van der Waals surface area contributed by atoms with Crippen LogP contribution in [0.15, 0.2) is 11.6 Å². The fraction of sp³-hybridized carbons (Fsp3) is 0.861. The fourth-order valence-electron chi connectivity index (χ4n) is 12.2. The Kier molecular flexibility index (Phi) is 7.16. The van der Waals surface area contributed by atoms with Crippen molar-refractivity contribution in [3.8, 4) is 0 Å². The number of allylic oxidation sites excluding steroid dienone is 2. The summed E-state index contributed by atoms with van der Waals surface area (Å²) in [6, 6.07) is 0. The Hall–Kier alpha value is -1.69. The average Bonchev–Trinajstić information content (AvgIpc) is 2.94. The molecular formula is C36H56N2O4. The lowest BCUT2D eigenvalue weighted by Crippen LogP contribution is -2.69. The Balaban J connectivity index is 1.44. The lowest BCUT2D eigenvalue weighted by Gasteiger charge is -2.70. The van der Waals surface area contributed by atoms with E-state index in [1.807, 2.05) is 4.90 Å². The van der Waals surface area contributed by atoms with Crippen LogP contribution in [0.2, 0.25) is 0 Å². The van der Waals surface area contributed by atoms with Gasteiger partial charge in [-0.2, -0.15) is 0 Å². The zero-order chi connectivity index (χ0) is 30.5. The highest BCUT2D eigenvalue weighted by Gasteiger charge is 2.72. The van der Waals surface area contributed by atoms with Crippen molar-refractivity contribution in [2.45, 2.75) is 113 Å². The van der Waals surface area contributed by atoms with E-state index in [-0.39, 0.29) is 45.4 Å². The van der Waals surface area contributed by atoms with Gasteiger partial charge in [0.05, 0.1) is 5.41 Å². The van der Waals surface area contributed by atoms with Gasteiger partial charge in [0.25, 0.3) is 0 Å². The van der Waals surface area contributed by atoms with Crippen LogP contribution in [0.25, 0.3) is 0 Å². The minimum absolute atomic E-state index is 0.0199. The second kappa shape index (κ2) is 9.91. The lowest BCUT2D eigenvalue weighted by atomic mass is 9.33. The van der Waals surface area contributed by atoms with Crippen LogP contribution in [0.5, 0.6) is 0 Å². The molecule has 0 aromatic carbocycles. The summed E-state index contributed by atoms with van der Waals surface area (Å²) < 4.78 is 6.00. The second-order valence-electron chi connectivity index (χ2n) is 16.8. The van der Waals surface area contributed by atoms with Gasteiger partial charge in [0.15, 0.2) is 5.78 Å². The monoisotopic (exact) mass is 580 g/mol. The number of hydrogen-bond donors (Lipinski definition) is 1. The Morgan fingerprint density at radius 1 is 0.929 bits per heavy atom. The van der Waals surface area contributed by atoms with Gasteiger partial charge >= 0.3 is 5.97 Å². The SMILES string of the molecule is CC(=O)O[C@@H]1CC[C@@]2(C)[C@@H](CC[C@]3(C)[C@@H]2C(=O)C=C2[C@@H]4[C@@H](C)[C@H](C)CC[C@]4(C)CC[C@]23C)[C@@]1(C)C(=O)N1CCNCC1. The quantitative estimate of drug-likeness (QED) is 0.395. The van der Waals surface area contributed by atoms with Crippen molar-refractivity contribution < 1.29 is 19.1 Å². The van der Waals surface area contributed by atoms with Crippen LogP contribution in [-0.2, 0) is 19.1 Å². The number of rotatable bonds is 2.